The highest BCUT2D eigenvalue weighted by Crippen LogP contribution is 2.39. The van der Waals surface area contributed by atoms with Crippen molar-refractivity contribution in [3.8, 4) is 17.2 Å². The standard InChI is InChI=1S/C13H21NO4/c1-9(8-15)14-7-10-5-6-11(16-2)13(18-4)12(10)17-3/h5-6,9,14-15H,7-8H2,1-4H3/t9-/m1/s1. The Kier molecular flexibility index (Phi) is 5.74. The minimum absolute atomic E-state index is 0.0304. The highest BCUT2D eigenvalue weighted by Gasteiger charge is 2.15. The third-order valence-electron chi connectivity index (χ3n) is 2.70. The van der Waals surface area contributed by atoms with Crippen LogP contribution in [0.4, 0.5) is 0 Å². The van der Waals surface area contributed by atoms with Gasteiger partial charge in [0.15, 0.2) is 11.5 Å². The van der Waals surface area contributed by atoms with Crippen molar-refractivity contribution in [1.82, 2.24) is 5.32 Å². The molecule has 0 unspecified atom stereocenters. The third-order valence-corrected chi connectivity index (χ3v) is 2.70. The Hall–Kier alpha value is -1.46. The van der Waals surface area contributed by atoms with Gasteiger partial charge in [-0.15, -0.1) is 0 Å². The maximum Gasteiger partial charge on any atom is 0.203 e. The Morgan fingerprint density at radius 3 is 2.28 bits per heavy atom. The monoisotopic (exact) mass is 255 g/mol. The Morgan fingerprint density at radius 2 is 1.78 bits per heavy atom. The second-order valence-corrected chi connectivity index (χ2v) is 3.96. The zero-order valence-corrected chi connectivity index (χ0v) is 11.3. The molecule has 5 heteroatoms. The fourth-order valence-corrected chi connectivity index (χ4v) is 1.65. The molecule has 1 aromatic carbocycles. The molecule has 0 aliphatic rings. The molecule has 0 heterocycles. The Bertz CT molecular complexity index is 381. The fourth-order valence-electron chi connectivity index (χ4n) is 1.65. The van der Waals surface area contributed by atoms with Gasteiger partial charge < -0.3 is 24.6 Å². The molecule has 5 nitrogen and oxygen atoms in total. The van der Waals surface area contributed by atoms with E-state index >= 15 is 0 Å². The van der Waals surface area contributed by atoms with E-state index < -0.39 is 0 Å². The topological polar surface area (TPSA) is 60.0 Å². The van der Waals surface area contributed by atoms with Crippen LogP contribution in [0.15, 0.2) is 12.1 Å². The molecule has 1 aromatic rings. The number of methoxy groups -OCH3 is 3. The van der Waals surface area contributed by atoms with Crippen molar-refractivity contribution < 1.29 is 19.3 Å². The first-order valence-electron chi connectivity index (χ1n) is 5.80. The maximum absolute atomic E-state index is 8.98. The van der Waals surface area contributed by atoms with Crippen LogP contribution in [0, 0.1) is 0 Å². The van der Waals surface area contributed by atoms with Crippen molar-refractivity contribution in [2.45, 2.75) is 19.5 Å². The van der Waals surface area contributed by atoms with Gasteiger partial charge in [0.05, 0.1) is 27.9 Å². The number of aliphatic hydroxyl groups excluding tert-OH is 1. The zero-order chi connectivity index (χ0) is 13.5. The van der Waals surface area contributed by atoms with Gasteiger partial charge in [-0.25, -0.2) is 0 Å². The molecule has 0 bridgehead atoms. The minimum atomic E-state index is 0.0304. The van der Waals surface area contributed by atoms with Crippen molar-refractivity contribution in [2.75, 3.05) is 27.9 Å². The molecular weight excluding hydrogens is 234 g/mol. The number of rotatable bonds is 7. The molecule has 0 aliphatic carbocycles. The van der Waals surface area contributed by atoms with Crippen molar-refractivity contribution >= 4 is 0 Å². The van der Waals surface area contributed by atoms with Crippen molar-refractivity contribution in [3.63, 3.8) is 0 Å². The molecule has 0 amide bonds. The van der Waals surface area contributed by atoms with Crippen molar-refractivity contribution in [1.29, 1.82) is 0 Å². The van der Waals surface area contributed by atoms with Gasteiger partial charge in [-0.3, -0.25) is 0 Å². The van der Waals surface area contributed by atoms with Crippen LogP contribution >= 0.6 is 0 Å². The lowest BCUT2D eigenvalue weighted by Gasteiger charge is -2.17. The molecule has 2 N–H and O–H groups in total. The summed E-state index contributed by atoms with van der Waals surface area (Å²) in [5.41, 5.74) is 0.954. The zero-order valence-electron chi connectivity index (χ0n) is 11.3. The Balaban J connectivity index is 2.97. The summed E-state index contributed by atoms with van der Waals surface area (Å²) in [4.78, 5) is 0. The average Bonchev–Trinajstić information content (AvgIpc) is 2.43. The van der Waals surface area contributed by atoms with E-state index in [1.54, 1.807) is 21.3 Å². The number of benzene rings is 1. The van der Waals surface area contributed by atoms with Crippen molar-refractivity contribution in [3.05, 3.63) is 17.7 Å². The molecular formula is C13H21NO4. The molecule has 1 atom stereocenters. The highest BCUT2D eigenvalue weighted by molar-refractivity contribution is 5.55. The molecule has 0 aliphatic heterocycles. The Morgan fingerprint density at radius 1 is 1.11 bits per heavy atom. The predicted octanol–water partition coefficient (Wildman–Crippen LogP) is 1.18. The molecule has 0 saturated carbocycles. The molecule has 102 valence electrons. The lowest BCUT2D eigenvalue weighted by Crippen LogP contribution is -2.28. The first-order chi connectivity index (χ1) is 8.67. The summed E-state index contributed by atoms with van der Waals surface area (Å²) in [6, 6.07) is 3.78. The highest BCUT2D eigenvalue weighted by atomic mass is 16.5. The molecule has 0 saturated heterocycles. The number of aliphatic hydroxyl groups is 1. The summed E-state index contributed by atoms with van der Waals surface area (Å²) in [5, 5.41) is 12.2. The SMILES string of the molecule is COc1ccc(CN[C@H](C)CO)c(OC)c1OC. The second-order valence-electron chi connectivity index (χ2n) is 3.96. The molecule has 0 fully saturated rings. The first-order valence-corrected chi connectivity index (χ1v) is 5.80. The minimum Gasteiger partial charge on any atom is -0.493 e. The van der Waals surface area contributed by atoms with Gasteiger partial charge in [-0.05, 0) is 13.0 Å². The van der Waals surface area contributed by atoms with Crippen LogP contribution in [0.5, 0.6) is 17.2 Å². The van der Waals surface area contributed by atoms with Crippen LogP contribution in [-0.2, 0) is 6.54 Å². The van der Waals surface area contributed by atoms with Crippen LogP contribution < -0.4 is 19.5 Å². The normalized spacial score (nSPS) is 12.1. The molecule has 0 aromatic heterocycles. The van der Waals surface area contributed by atoms with Gasteiger partial charge in [0.1, 0.15) is 0 Å². The summed E-state index contributed by atoms with van der Waals surface area (Å²) in [7, 11) is 4.76. The average molecular weight is 255 g/mol. The number of hydrogen-bond acceptors (Lipinski definition) is 5. The summed E-state index contributed by atoms with van der Waals surface area (Å²) in [6.07, 6.45) is 0. The summed E-state index contributed by atoms with van der Waals surface area (Å²) >= 11 is 0. The number of ether oxygens (including phenoxy) is 3. The van der Waals surface area contributed by atoms with E-state index in [0.717, 1.165) is 5.56 Å². The molecule has 0 spiro atoms. The van der Waals surface area contributed by atoms with Gasteiger partial charge in [0.2, 0.25) is 5.75 Å². The second kappa shape index (κ2) is 7.08. The maximum atomic E-state index is 8.98. The third kappa shape index (κ3) is 3.27. The lowest BCUT2D eigenvalue weighted by atomic mass is 10.1. The van der Waals surface area contributed by atoms with Crippen LogP contribution in [0.2, 0.25) is 0 Å². The largest absolute Gasteiger partial charge is 0.493 e. The van der Waals surface area contributed by atoms with E-state index in [1.165, 1.54) is 0 Å². The quantitative estimate of drug-likeness (QED) is 0.766. The van der Waals surface area contributed by atoms with Gasteiger partial charge in [0.25, 0.3) is 0 Å². The van der Waals surface area contributed by atoms with E-state index in [1.807, 2.05) is 19.1 Å². The fraction of sp³-hybridized carbons (Fsp3) is 0.538. The Labute approximate surface area is 108 Å². The first kappa shape index (κ1) is 14.6. The van der Waals surface area contributed by atoms with E-state index in [-0.39, 0.29) is 12.6 Å². The van der Waals surface area contributed by atoms with E-state index in [2.05, 4.69) is 5.32 Å². The number of nitrogens with one attached hydrogen (secondary N) is 1. The number of hydrogen-bond donors (Lipinski definition) is 2. The van der Waals surface area contributed by atoms with Gasteiger partial charge >= 0.3 is 0 Å². The lowest BCUT2D eigenvalue weighted by molar-refractivity contribution is 0.250. The van der Waals surface area contributed by atoms with E-state index in [0.29, 0.717) is 23.8 Å². The smallest absolute Gasteiger partial charge is 0.203 e. The van der Waals surface area contributed by atoms with Gasteiger partial charge in [0, 0.05) is 18.2 Å². The molecule has 0 radical (unpaired) electrons. The van der Waals surface area contributed by atoms with Gasteiger partial charge in [-0.2, -0.15) is 0 Å². The summed E-state index contributed by atoms with van der Waals surface area (Å²) < 4.78 is 15.9. The summed E-state index contributed by atoms with van der Waals surface area (Å²) in [6.45, 7) is 2.59. The van der Waals surface area contributed by atoms with Crippen LogP contribution in [0.25, 0.3) is 0 Å². The summed E-state index contributed by atoms with van der Waals surface area (Å²) in [5.74, 6) is 1.86. The van der Waals surface area contributed by atoms with Crippen molar-refractivity contribution in [2.24, 2.45) is 0 Å². The van der Waals surface area contributed by atoms with Crippen LogP contribution in [-0.4, -0.2) is 39.1 Å². The van der Waals surface area contributed by atoms with E-state index in [9.17, 15) is 0 Å². The molecule has 18 heavy (non-hydrogen) atoms. The van der Waals surface area contributed by atoms with Crippen LogP contribution in [0.1, 0.15) is 12.5 Å². The van der Waals surface area contributed by atoms with E-state index in [4.69, 9.17) is 19.3 Å². The van der Waals surface area contributed by atoms with Gasteiger partial charge in [-0.1, -0.05) is 6.07 Å². The predicted molar refractivity (Wildman–Crippen MR) is 69.5 cm³/mol. The molecule has 1 rings (SSSR count). The van der Waals surface area contributed by atoms with Crippen LogP contribution in [0.3, 0.4) is 0 Å².